The van der Waals surface area contributed by atoms with Crippen LogP contribution in [0.3, 0.4) is 0 Å². The maximum Gasteiger partial charge on any atom is 0.119 e. The second kappa shape index (κ2) is 7.65. The molecule has 2 aromatic rings. The number of aliphatic hydroxyl groups is 1. The molecule has 0 radical (unpaired) electrons. The van der Waals surface area contributed by atoms with Crippen LogP contribution in [0.15, 0.2) is 48.5 Å². The molecule has 1 unspecified atom stereocenters. The number of aryl methyl sites for hydroxylation is 1. The van der Waals surface area contributed by atoms with E-state index in [0.717, 1.165) is 44.5 Å². The monoisotopic (exact) mass is 366 g/mol. The van der Waals surface area contributed by atoms with Crippen LogP contribution in [-0.4, -0.2) is 24.4 Å². The van der Waals surface area contributed by atoms with Gasteiger partial charge in [-0.05, 0) is 44.0 Å². The molecular weight excluding hydrogens is 334 g/mol. The highest BCUT2D eigenvalue weighted by molar-refractivity contribution is 5.29. The van der Waals surface area contributed by atoms with Crippen molar-refractivity contribution in [2.45, 2.75) is 57.2 Å². The molecule has 4 atom stereocenters. The summed E-state index contributed by atoms with van der Waals surface area (Å²) in [5, 5.41) is 11.4. The van der Waals surface area contributed by atoms with Gasteiger partial charge in [0.1, 0.15) is 18.3 Å². The van der Waals surface area contributed by atoms with Gasteiger partial charge in [-0.15, -0.1) is 0 Å². The first-order chi connectivity index (χ1) is 13.1. The van der Waals surface area contributed by atoms with E-state index in [0.29, 0.717) is 12.0 Å². The number of ether oxygens (including phenoxy) is 1. The summed E-state index contributed by atoms with van der Waals surface area (Å²) in [5.41, 5.74) is 3.54. The van der Waals surface area contributed by atoms with Crippen LogP contribution in [0.2, 0.25) is 0 Å². The number of rotatable bonds is 4. The number of fused-ring (bicyclic) bond motifs is 1. The van der Waals surface area contributed by atoms with Crippen LogP contribution in [-0.2, 0) is 6.54 Å². The van der Waals surface area contributed by atoms with Gasteiger partial charge in [0.25, 0.3) is 0 Å². The van der Waals surface area contributed by atoms with E-state index in [-0.39, 0.29) is 0 Å². The van der Waals surface area contributed by atoms with E-state index in [2.05, 4.69) is 55.5 Å². The van der Waals surface area contributed by atoms with Crippen LogP contribution in [0.1, 0.15) is 54.8 Å². The molecule has 1 saturated carbocycles. The molecule has 0 spiro atoms. The number of likely N-dealkylation sites (tertiary alicyclic amines) is 1. The first kappa shape index (κ1) is 18.5. The van der Waals surface area contributed by atoms with Gasteiger partial charge >= 0.3 is 0 Å². The van der Waals surface area contributed by atoms with E-state index in [4.69, 9.17) is 4.74 Å². The minimum absolute atomic E-state index is 0.342. The van der Waals surface area contributed by atoms with Crippen LogP contribution in [0.5, 0.6) is 5.75 Å². The molecule has 1 heterocycles. The Kier molecular flexibility index (Phi) is 5.25. The average molecular weight is 367 g/mol. The second-order valence-electron chi connectivity index (χ2n) is 8.53. The largest absolute Gasteiger partial charge is 0.497 e. The molecule has 1 aliphatic heterocycles. The number of hydrogen-bond donors (Lipinski definition) is 2. The van der Waals surface area contributed by atoms with Crippen molar-refractivity contribution in [3.05, 3.63) is 65.2 Å². The Balaban J connectivity index is 1.66. The third-order valence-electron chi connectivity index (χ3n) is 6.81. The van der Waals surface area contributed by atoms with Crippen molar-refractivity contribution in [3.63, 3.8) is 0 Å². The second-order valence-corrected chi connectivity index (χ2v) is 8.53. The maximum absolute atomic E-state index is 11.4. The van der Waals surface area contributed by atoms with E-state index >= 15 is 0 Å². The van der Waals surface area contributed by atoms with Gasteiger partial charge in [-0.1, -0.05) is 42.7 Å². The van der Waals surface area contributed by atoms with Gasteiger partial charge in [-0.3, -0.25) is 0 Å². The van der Waals surface area contributed by atoms with E-state index in [1.165, 1.54) is 23.1 Å². The van der Waals surface area contributed by atoms with Crippen LogP contribution in [0, 0.1) is 12.8 Å². The summed E-state index contributed by atoms with van der Waals surface area (Å²) < 4.78 is 5.36. The Labute approximate surface area is 163 Å². The Hall–Kier alpha value is -1.84. The van der Waals surface area contributed by atoms with Crippen molar-refractivity contribution < 1.29 is 14.7 Å². The molecule has 2 N–H and O–H groups in total. The molecule has 2 fully saturated rings. The van der Waals surface area contributed by atoms with E-state index < -0.39 is 5.60 Å². The molecule has 0 bridgehead atoms. The lowest BCUT2D eigenvalue weighted by atomic mass is 9.66. The molecule has 2 aromatic carbocycles. The highest BCUT2D eigenvalue weighted by Gasteiger charge is 2.51. The number of hydrogen-bond acceptors (Lipinski definition) is 2. The number of nitrogens with one attached hydrogen (secondary N) is 1. The topological polar surface area (TPSA) is 33.9 Å². The fourth-order valence-electron chi connectivity index (χ4n) is 5.30. The van der Waals surface area contributed by atoms with Gasteiger partial charge in [-0.2, -0.15) is 0 Å². The van der Waals surface area contributed by atoms with Crippen LogP contribution in [0.4, 0.5) is 0 Å². The van der Waals surface area contributed by atoms with Gasteiger partial charge in [0.05, 0.1) is 19.3 Å². The highest BCUT2D eigenvalue weighted by atomic mass is 16.5. The summed E-state index contributed by atoms with van der Waals surface area (Å²) in [6.07, 6.45) is 5.41. The predicted molar refractivity (Wildman–Crippen MR) is 108 cm³/mol. The summed E-state index contributed by atoms with van der Waals surface area (Å²) in [6.45, 7) is 4.18. The molecule has 144 valence electrons. The minimum atomic E-state index is -0.486. The summed E-state index contributed by atoms with van der Waals surface area (Å²) in [5.74, 6) is 1.24. The van der Waals surface area contributed by atoms with Gasteiger partial charge in [0, 0.05) is 23.5 Å². The molecule has 0 amide bonds. The molecular formula is C24H32NO2+. The zero-order chi connectivity index (χ0) is 18.9. The smallest absolute Gasteiger partial charge is 0.119 e. The molecule has 27 heavy (non-hydrogen) atoms. The summed E-state index contributed by atoms with van der Waals surface area (Å²) in [4.78, 5) is 1.58. The van der Waals surface area contributed by atoms with Crippen LogP contribution in [0.25, 0.3) is 0 Å². The summed E-state index contributed by atoms with van der Waals surface area (Å²) >= 11 is 0. The standard InChI is InChI=1S/C24H31NO2/c1-18-6-8-19(9-7-18)17-25-16-15-24(26)14-4-3-5-22(24)23(25)20-10-12-21(27-2)13-11-20/h6-13,22-23,26H,3-5,14-17H2,1-2H3/p+1/t22-,23+,24+/m1/s1. The van der Waals surface area contributed by atoms with E-state index in [9.17, 15) is 5.11 Å². The molecule has 1 aliphatic carbocycles. The fourth-order valence-corrected chi connectivity index (χ4v) is 5.30. The lowest BCUT2D eigenvalue weighted by Gasteiger charge is -2.50. The third kappa shape index (κ3) is 3.76. The number of piperidine rings is 1. The molecule has 3 heteroatoms. The van der Waals surface area contributed by atoms with Gasteiger partial charge in [-0.25, -0.2) is 0 Å². The number of methoxy groups -OCH3 is 1. The highest BCUT2D eigenvalue weighted by Crippen LogP contribution is 2.44. The lowest BCUT2D eigenvalue weighted by Crippen LogP contribution is -3.13. The first-order valence-electron chi connectivity index (χ1n) is 10.4. The zero-order valence-electron chi connectivity index (χ0n) is 16.6. The Bertz CT molecular complexity index is 755. The molecule has 2 aliphatic rings. The third-order valence-corrected chi connectivity index (χ3v) is 6.81. The van der Waals surface area contributed by atoms with E-state index in [1.807, 2.05) is 0 Å². The van der Waals surface area contributed by atoms with Crippen molar-refractivity contribution >= 4 is 0 Å². The predicted octanol–water partition coefficient (Wildman–Crippen LogP) is 3.45. The molecule has 1 saturated heterocycles. The summed E-state index contributed by atoms with van der Waals surface area (Å²) in [7, 11) is 1.71. The molecule has 0 aromatic heterocycles. The zero-order valence-corrected chi connectivity index (χ0v) is 16.6. The van der Waals surface area contributed by atoms with Gasteiger partial charge < -0.3 is 14.7 Å². The van der Waals surface area contributed by atoms with Crippen molar-refractivity contribution in [3.8, 4) is 5.75 Å². The molecule has 4 rings (SSSR count). The first-order valence-corrected chi connectivity index (χ1v) is 10.4. The van der Waals surface area contributed by atoms with Crippen molar-refractivity contribution in [1.29, 1.82) is 0 Å². The Morgan fingerprint density at radius 3 is 2.48 bits per heavy atom. The van der Waals surface area contributed by atoms with Crippen LogP contribution < -0.4 is 9.64 Å². The Morgan fingerprint density at radius 1 is 1.04 bits per heavy atom. The maximum atomic E-state index is 11.4. The number of benzene rings is 2. The fraction of sp³-hybridized carbons (Fsp3) is 0.500. The van der Waals surface area contributed by atoms with Crippen molar-refractivity contribution in [2.75, 3.05) is 13.7 Å². The lowest BCUT2D eigenvalue weighted by molar-refractivity contribution is -0.958. The van der Waals surface area contributed by atoms with Crippen LogP contribution >= 0.6 is 0 Å². The molecule has 3 nitrogen and oxygen atoms in total. The minimum Gasteiger partial charge on any atom is -0.497 e. The quantitative estimate of drug-likeness (QED) is 0.869. The summed E-state index contributed by atoms with van der Waals surface area (Å²) in [6, 6.07) is 17.8. The van der Waals surface area contributed by atoms with E-state index in [1.54, 1.807) is 12.0 Å². The average Bonchev–Trinajstić information content (AvgIpc) is 2.70. The van der Waals surface area contributed by atoms with Gasteiger partial charge in [0.2, 0.25) is 0 Å². The SMILES string of the molecule is COc1ccc([C@H]2[C@H]3CCCC[C@]3(O)CC[NH+]2Cc2ccc(C)cc2)cc1. The normalized spacial score (nSPS) is 30.6. The van der Waals surface area contributed by atoms with Crippen molar-refractivity contribution in [2.24, 2.45) is 5.92 Å². The van der Waals surface area contributed by atoms with Gasteiger partial charge in [0.15, 0.2) is 0 Å². The van der Waals surface area contributed by atoms with Crippen molar-refractivity contribution in [1.82, 2.24) is 0 Å². The number of quaternary nitrogens is 1. The Morgan fingerprint density at radius 2 is 1.78 bits per heavy atom.